The third-order valence-electron chi connectivity index (χ3n) is 4.20. The summed E-state index contributed by atoms with van der Waals surface area (Å²) < 4.78 is 29.0. The maximum Gasteiger partial charge on any atom is 0.361 e. The molecule has 1 atom stereocenters. The summed E-state index contributed by atoms with van der Waals surface area (Å²) in [5, 5.41) is 0.765. The van der Waals surface area contributed by atoms with Crippen LogP contribution in [0.2, 0.25) is 18.1 Å². The van der Waals surface area contributed by atoms with Crippen molar-refractivity contribution in [2.75, 3.05) is 13.7 Å². The number of hydrogen-bond acceptors (Lipinski definition) is 4. The lowest BCUT2D eigenvalue weighted by molar-refractivity contribution is 0.254. The van der Waals surface area contributed by atoms with Crippen molar-refractivity contribution in [1.82, 2.24) is 0 Å². The highest BCUT2D eigenvalue weighted by Gasteiger charge is 2.37. The van der Waals surface area contributed by atoms with E-state index in [1.807, 2.05) is 12.1 Å². The molecule has 0 saturated heterocycles. The van der Waals surface area contributed by atoms with Crippen LogP contribution in [0.25, 0.3) is 0 Å². The van der Waals surface area contributed by atoms with Gasteiger partial charge in [0.15, 0.2) is 8.32 Å². The molecule has 4 nitrogen and oxygen atoms in total. The molecule has 0 radical (unpaired) electrons. The Kier molecular flexibility index (Phi) is 6.60. The van der Waals surface area contributed by atoms with Crippen molar-refractivity contribution in [2.24, 2.45) is 0 Å². The third-order valence-corrected chi connectivity index (χ3v) is 10.7. The van der Waals surface area contributed by atoms with Crippen LogP contribution >= 0.6 is 7.60 Å². The van der Waals surface area contributed by atoms with Gasteiger partial charge >= 0.3 is 7.60 Å². The molecule has 0 fully saturated rings. The second-order valence-corrected chi connectivity index (χ2v) is 13.8. The van der Waals surface area contributed by atoms with E-state index in [9.17, 15) is 4.57 Å². The van der Waals surface area contributed by atoms with Gasteiger partial charge in [-0.25, -0.2) is 0 Å². The molecular formula is C16H29O4PSi. The van der Waals surface area contributed by atoms with Crippen molar-refractivity contribution >= 4 is 21.2 Å². The Labute approximate surface area is 135 Å². The first-order chi connectivity index (χ1) is 10.1. The van der Waals surface area contributed by atoms with E-state index in [-0.39, 0.29) is 5.04 Å². The molecule has 0 amide bonds. The largest absolute Gasteiger partial charge is 0.413 e. The average Bonchev–Trinajstić information content (AvgIpc) is 2.44. The van der Waals surface area contributed by atoms with Gasteiger partial charge in [-0.2, -0.15) is 0 Å². The van der Waals surface area contributed by atoms with Gasteiger partial charge in [-0.15, -0.1) is 0 Å². The maximum absolute atomic E-state index is 12.5. The molecule has 0 N–H and O–H groups in total. The highest BCUT2D eigenvalue weighted by Crippen LogP contribution is 2.45. The lowest BCUT2D eigenvalue weighted by Crippen LogP contribution is -2.40. The van der Waals surface area contributed by atoms with E-state index in [4.69, 9.17) is 13.5 Å². The van der Waals surface area contributed by atoms with Crippen LogP contribution in [0.3, 0.4) is 0 Å². The van der Waals surface area contributed by atoms with Crippen molar-refractivity contribution in [3.63, 3.8) is 0 Å². The van der Waals surface area contributed by atoms with Gasteiger partial charge in [-0.3, -0.25) is 4.57 Å². The van der Waals surface area contributed by atoms with Crippen LogP contribution in [0.5, 0.6) is 0 Å². The highest BCUT2D eigenvalue weighted by atomic mass is 31.2. The molecule has 1 aromatic carbocycles. The van der Waals surface area contributed by atoms with Crippen molar-refractivity contribution in [1.29, 1.82) is 0 Å². The SMILES string of the molecule is CCOP(=O)(OC)c1ccc(CO[Si](C)(C)C(C)(C)C)cc1. The summed E-state index contributed by atoms with van der Waals surface area (Å²) in [5.74, 6) is 0. The fourth-order valence-electron chi connectivity index (χ4n) is 1.66. The summed E-state index contributed by atoms with van der Waals surface area (Å²) in [4.78, 5) is 0. The van der Waals surface area contributed by atoms with Gasteiger partial charge in [-0.1, -0.05) is 32.9 Å². The van der Waals surface area contributed by atoms with Gasteiger partial charge in [0, 0.05) is 7.11 Å². The highest BCUT2D eigenvalue weighted by molar-refractivity contribution is 7.62. The minimum atomic E-state index is -3.18. The van der Waals surface area contributed by atoms with Crippen molar-refractivity contribution in [2.45, 2.75) is 52.4 Å². The van der Waals surface area contributed by atoms with E-state index in [0.29, 0.717) is 18.5 Å². The molecule has 0 spiro atoms. The van der Waals surface area contributed by atoms with E-state index in [0.717, 1.165) is 5.56 Å². The summed E-state index contributed by atoms with van der Waals surface area (Å²) >= 11 is 0. The summed E-state index contributed by atoms with van der Waals surface area (Å²) in [6, 6.07) is 7.44. The first-order valence-electron chi connectivity index (χ1n) is 7.59. The van der Waals surface area contributed by atoms with Crippen molar-refractivity contribution in [3.8, 4) is 0 Å². The van der Waals surface area contributed by atoms with E-state index in [1.54, 1.807) is 19.1 Å². The van der Waals surface area contributed by atoms with Crippen LogP contribution < -0.4 is 5.30 Å². The molecule has 1 rings (SSSR count). The van der Waals surface area contributed by atoms with Crippen LogP contribution in [-0.4, -0.2) is 22.0 Å². The van der Waals surface area contributed by atoms with Gasteiger partial charge in [-0.05, 0) is 42.8 Å². The fourth-order valence-corrected chi connectivity index (χ4v) is 3.94. The fraction of sp³-hybridized carbons (Fsp3) is 0.625. The normalized spacial score (nSPS) is 15.6. The molecule has 0 aliphatic heterocycles. The zero-order chi connectivity index (χ0) is 17.0. The summed E-state index contributed by atoms with van der Waals surface area (Å²) in [5.41, 5.74) is 1.06. The molecule has 22 heavy (non-hydrogen) atoms. The van der Waals surface area contributed by atoms with Gasteiger partial charge in [0.25, 0.3) is 0 Å². The monoisotopic (exact) mass is 344 g/mol. The van der Waals surface area contributed by atoms with Crippen LogP contribution in [0.15, 0.2) is 24.3 Å². The molecule has 0 aromatic heterocycles. The minimum absolute atomic E-state index is 0.188. The van der Waals surface area contributed by atoms with Crippen LogP contribution in [0.1, 0.15) is 33.3 Å². The van der Waals surface area contributed by atoms with E-state index in [1.165, 1.54) is 7.11 Å². The van der Waals surface area contributed by atoms with Crippen LogP contribution in [-0.2, 0) is 24.6 Å². The number of benzene rings is 1. The minimum Gasteiger partial charge on any atom is -0.413 e. The van der Waals surface area contributed by atoms with Crippen LogP contribution in [0, 0.1) is 0 Å². The molecule has 0 heterocycles. The molecule has 1 aromatic rings. The Hall–Kier alpha value is -0.453. The lowest BCUT2D eigenvalue weighted by Gasteiger charge is -2.36. The lowest BCUT2D eigenvalue weighted by atomic mass is 10.2. The number of hydrogen-bond donors (Lipinski definition) is 0. The number of rotatable bonds is 7. The van der Waals surface area contributed by atoms with Crippen molar-refractivity contribution in [3.05, 3.63) is 29.8 Å². The predicted octanol–water partition coefficient (Wildman–Crippen LogP) is 4.71. The Balaban J connectivity index is 2.80. The smallest absolute Gasteiger partial charge is 0.361 e. The van der Waals surface area contributed by atoms with Gasteiger partial charge in [0.05, 0.1) is 18.5 Å². The van der Waals surface area contributed by atoms with Gasteiger partial charge in [0.1, 0.15) is 0 Å². The summed E-state index contributed by atoms with van der Waals surface area (Å²) in [7, 11) is -3.54. The van der Waals surface area contributed by atoms with Crippen LogP contribution in [0.4, 0.5) is 0 Å². The first kappa shape index (κ1) is 19.6. The Morgan fingerprint density at radius 2 is 1.68 bits per heavy atom. The molecule has 126 valence electrons. The zero-order valence-corrected chi connectivity index (χ0v) is 16.7. The van der Waals surface area contributed by atoms with Gasteiger partial charge in [0.2, 0.25) is 0 Å². The quantitative estimate of drug-likeness (QED) is 0.531. The first-order valence-corrected chi connectivity index (χ1v) is 12.0. The predicted molar refractivity (Wildman–Crippen MR) is 94.3 cm³/mol. The Morgan fingerprint density at radius 1 is 1.14 bits per heavy atom. The van der Waals surface area contributed by atoms with Gasteiger partial charge < -0.3 is 13.5 Å². The second kappa shape index (κ2) is 7.41. The summed E-state index contributed by atoms with van der Waals surface area (Å²) in [6.07, 6.45) is 0. The maximum atomic E-state index is 12.5. The standard InChI is InChI=1S/C16H29O4PSi/c1-8-19-21(17,18-5)15-11-9-14(10-12-15)13-20-22(6,7)16(2,3)4/h9-12H,8,13H2,1-7H3. The molecular weight excluding hydrogens is 315 g/mol. The zero-order valence-electron chi connectivity index (χ0n) is 14.8. The molecule has 0 saturated carbocycles. The molecule has 0 aliphatic carbocycles. The molecule has 0 aliphatic rings. The molecule has 0 bridgehead atoms. The molecule has 6 heteroatoms. The van der Waals surface area contributed by atoms with Crippen molar-refractivity contribution < 1.29 is 18.0 Å². The molecule has 1 unspecified atom stereocenters. The van der Waals surface area contributed by atoms with E-state index < -0.39 is 15.9 Å². The topological polar surface area (TPSA) is 44.8 Å². The van der Waals surface area contributed by atoms with E-state index in [2.05, 4.69) is 33.9 Å². The van der Waals surface area contributed by atoms with E-state index >= 15 is 0 Å². The third kappa shape index (κ3) is 4.77. The Morgan fingerprint density at radius 3 is 2.09 bits per heavy atom. The Bertz CT molecular complexity index is 520. The second-order valence-electron chi connectivity index (χ2n) is 6.81. The summed E-state index contributed by atoms with van der Waals surface area (Å²) in [6.45, 7) is 13.8. The average molecular weight is 344 g/mol.